The van der Waals surface area contributed by atoms with Crippen molar-refractivity contribution < 1.29 is 9.15 Å². The molecule has 0 aliphatic rings. The smallest absolute Gasteiger partial charge is 0.333 e. The quantitative estimate of drug-likeness (QED) is 0.731. The Kier molecular flexibility index (Phi) is 2.04. The van der Waals surface area contributed by atoms with Crippen molar-refractivity contribution in [3.63, 3.8) is 0 Å². The summed E-state index contributed by atoms with van der Waals surface area (Å²) in [5, 5.41) is 0. The number of hydrogen-bond donors (Lipinski definition) is 1. The maximum absolute atomic E-state index is 11.8. The minimum atomic E-state index is -0.233. The number of nitrogens with one attached hydrogen (secondary N) is 1. The molecule has 2 heterocycles. The summed E-state index contributed by atoms with van der Waals surface area (Å²) in [5.74, 6) is 1.19. The van der Waals surface area contributed by atoms with Gasteiger partial charge in [0.15, 0.2) is 0 Å². The second kappa shape index (κ2) is 3.55. The number of benzene rings is 1. The van der Waals surface area contributed by atoms with Gasteiger partial charge in [-0.3, -0.25) is 0 Å². The van der Waals surface area contributed by atoms with Gasteiger partial charge in [0.2, 0.25) is 5.88 Å². The summed E-state index contributed by atoms with van der Waals surface area (Å²) in [4.78, 5) is 14.6. The summed E-state index contributed by atoms with van der Waals surface area (Å²) in [7, 11) is 1.59. The predicted octanol–water partition coefficient (Wildman–Crippen LogP) is 1.92. The number of aromatic nitrogens is 2. The molecule has 17 heavy (non-hydrogen) atoms. The first-order valence-corrected chi connectivity index (χ1v) is 5.12. The zero-order valence-electron chi connectivity index (χ0n) is 9.14. The zero-order chi connectivity index (χ0) is 11.8. The molecular formula is C12H10N2O3. The molecule has 0 bridgehead atoms. The molecular weight excluding hydrogens is 220 g/mol. The lowest BCUT2D eigenvalue weighted by Crippen LogP contribution is -2.13. The van der Waals surface area contributed by atoms with E-state index in [1.165, 1.54) is 10.8 Å². The first-order chi connectivity index (χ1) is 8.29. The van der Waals surface area contributed by atoms with E-state index in [0.717, 1.165) is 5.52 Å². The van der Waals surface area contributed by atoms with E-state index in [1.54, 1.807) is 31.4 Å². The van der Waals surface area contributed by atoms with E-state index in [0.29, 0.717) is 17.2 Å². The molecule has 0 unspecified atom stereocenters. The van der Waals surface area contributed by atoms with E-state index in [1.807, 2.05) is 6.07 Å². The van der Waals surface area contributed by atoms with Gasteiger partial charge < -0.3 is 14.1 Å². The van der Waals surface area contributed by atoms with Crippen molar-refractivity contribution in [2.45, 2.75) is 0 Å². The number of H-pyrrole nitrogens is 1. The maximum atomic E-state index is 11.8. The number of aromatic amines is 1. The molecule has 86 valence electrons. The number of fused-ring (bicyclic) bond motifs is 1. The Hall–Kier alpha value is -2.43. The Bertz CT molecular complexity index is 707. The lowest BCUT2D eigenvalue weighted by Gasteiger charge is -2.00. The molecule has 0 atom stereocenters. The van der Waals surface area contributed by atoms with Crippen molar-refractivity contribution in [2.24, 2.45) is 0 Å². The Morgan fingerprint density at radius 2 is 2.24 bits per heavy atom. The van der Waals surface area contributed by atoms with Crippen LogP contribution in [0.5, 0.6) is 5.75 Å². The number of rotatable bonds is 2. The van der Waals surface area contributed by atoms with E-state index in [2.05, 4.69) is 4.98 Å². The molecule has 1 aromatic carbocycles. The van der Waals surface area contributed by atoms with Gasteiger partial charge in [0, 0.05) is 12.1 Å². The van der Waals surface area contributed by atoms with Crippen molar-refractivity contribution in [1.82, 2.24) is 9.55 Å². The molecule has 0 fully saturated rings. The van der Waals surface area contributed by atoms with Gasteiger partial charge in [-0.2, -0.15) is 0 Å². The van der Waals surface area contributed by atoms with Crippen LogP contribution in [0.25, 0.3) is 16.9 Å². The van der Waals surface area contributed by atoms with Gasteiger partial charge in [-0.05, 0) is 18.2 Å². The molecule has 3 aromatic rings. The van der Waals surface area contributed by atoms with Crippen LogP contribution in [0.3, 0.4) is 0 Å². The molecule has 0 spiro atoms. The third-order valence-electron chi connectivity index (χ3n) is 2.62. The summed E-state index contributed by atoms with van der Waals surface area (Å²) >= 11 is 0. The average molecular weight is 230 g/mol. The van der Waals surface area contributed by atoms with Crippen molar-refractivity contribution in [3.05, 3.63) is 47.1 Å². The molecule has 0 aliphatic carbocycles. The lowest BCUT2D eigenvalue weighted by atomic mass is 10.3. The molecule has 3 rings (SSSR count). The monoisotopic (exact) mass is 230 g/mol. The van der Waals surface area contributed by atoms with Crippen LogP contribution in [0.2, 0.25) is 0 Å². The van der Waals surface area contributed by atoms with Crippen molar-refractivity contribution in [3.8, 4) is 11.6 Å². The van der Waals surface area contributed by atoms with Gasteiger partial charge >= 0.3 is 5.69 Å². The highest BCUT2D eigenvalue weighted by molar-refractivity contribution is 5.78. The van der Waals surface area contributed by atoms with Gasteiger partial charge in [0.05, 0.1) is 24.4 Å². The second-order valence-electron chi connectivity index (χ2n) is 3.60. The topological polar surface area (TPSA) is 60.2 Å². The second-order valence-corrected chi connectivity index (χ2v) is 3.60. The predicted molar refractivity (Wildman–Crippen MR) is 62.7 cm³/mol. The van der Waals surface area contributed by atoms with Crippen LogP contribution in [0.1, 0.15) is 0 Å². The van der Waals surface area contributed by atoms with E-state index >= 15 is 0 Å². The number of methoxy groups -OCH3 is 1. The molecule has 1 N–H and O–H groups in total. The number of furan rings is 1. The van der Waals surface area contributed by atoms with E-state index in [-0.39, 0.29) is 5.69 Å². The van der Waals surface area contributed by atoms with Crippen molar-refractivity contribution in [2.75, 3.05) is 7.11 Å². The van der Waals surface area contributed by atoms with E-state index < -0.39 is 0 Å². The van der Waals surface area contributed by atoms with Crippen LogP contribution in [0, 0.1) is 0 Å². The standard InChI is InChI=1S/C12H10N2O3/c1-16-8-4-5-10-9(7-8)13-12(15)14(10)11-3-2-6-17-11/h2-7H,1H3,(H,13,15). The normalized spacial score (nSPS) is 10.9. The van der Waals surface area contributed by atoms with Crippen LogP contribution in [0.4, 0.5) is 0 Å². The molecule has 2 aromatic heterocycles. The largest absolute Gasteiger partial charge is 0.497 e. The fourth-order valence-electron chi connectivity index (χ4n) is 1.83. The average Bonchev–Trinajstić information content (AvgIpc) is 2.93. The fraction of sp³-hybridized carbons (Fsp3) is 0.0833. The van der Waals surface area contributed by atoms with E-state index in [9.17, 15) is 4.79 Å². The highest BCUT2D eigenvalue weighted by Crippen LogP contribution is 2.20. The van der Waals surface area contributed by atoms with Crippen LogP contribution in [0.15, 0.2) is 45.8 Å². The minimum Gasteiger partial charge on any atom is -0.497 e. The Labute approximate surface area is 96.2 Å². The van der Waals surface area contributed by atoms with Gasteiger partial charge in [0.1, 0.15) is 5.75 Å². The Morgan fingerprint density at radius 3 is 2.94 bits per heavy atom. The van der Waals surface area contributed by atoms with Crippen LogP contribution < -0.4 is 10.4 Å². The lowest BCUT2D eigenvalue weighted by molar-refractivity contribution is 0.415. The molecule has 0 amide bonds. The van der Waals surface area contributed by atoms with Gasteiger partial charge in [-0.15, -0.1) is 0 Å². The maximum Gasteiger partial charge on any atom is 0.333 e. The van der Waals surface area contributed by atoms with Crippen LogP contribution in [-0.4, -0.2) is 16.7 Å². The summed E-state index contributed by atoms with van der Waals surface area (Å²) in [6, 6.07) is 8.86. The molecule has 0 saturated heterocycles. The third-order valence-corrected chi connectivity index (χ3v) is 2.62. The molecule has 5 heteroatoms. The summed E-state index contributed by atoms with van der Waals surface area (Å²) in [6.07, 6.45) is 1.53. The first kappa shape index (κ1) is 9.77. The number of hydrogen-bond acceptors (Lipinski definition) is 3. The molecule has 5 nitrogen and oxygen atoms in total. The van der Waals surface area contributed by atoms with Crippen molar-refractivity contribution >= 4 is 11.0 Å². The highest BCUT2D eigenvalue weighted by atomic mass is 16.5. The number of ether oxygens (including phenoxy) is 1. The molecule has 0 saturated carbocycles. The van der Waals surface area contributed by atoms with Gasteiger partial charge in [-0.25, -0.2) is 9.36 Å². The first-order valence-electron chi connectivity index (χ1n) is 5.12. The number of nitrogens with zero attached hydrogens (tertiary/aromatic N) is 1. The fourth-order valence-corrected chi connectivity index (χ4v) is 1.83. The van der Waals surface area contributed by atoms with Gasteiger partial charge in [-0.1, -0.05) is 0 Å². The summed E-state index contributed by atoms with van der Waals surface area (Å²) in [6.45, 7) is 0. The number of imidazole rings is 1. The Balaban J connectivity index is 2.33. The minimum absolute atomic E-state index is 0.233. The molecule has 0 aliphatic heterocycles. The SMILES string of the molecule is COc1ccc2c(c1)[nH]c(=O)n2-c1ccco1. The molecule has 0 radical (unpaired) electrons. The highest BCUT2D eigenvalue weighted by Gasteiger charge is 2.10. The van der Waals surface area contributed by atoms with Crippen LogP contribution >= 0.6 is 0 Å². The van der Waals surface area contributed by atoms with E-state index in [4.69, 9.17) is 9.15 Å². The summed E-state index contributed by atoms with van der Waals surface area (Å²) in [5.41, 5.74) is 1.24. The van der Waals surface area contributed by atoms with Crippen LogP contribution in [-0.2, 0) is 0 Å². The Morgan fingerprint density at radius 1 is 1.35 bits per heavy atom. The third kappa shape index (κ3) is 1.44. The van der Waals surface area contributed by atoms with Gasteiger partial charge in [0.25, 0.3) is 0 Å². The summed E-state index contributed by atoms with van der Waals surface area (Å²) < 4.78 is 11.8. The van der Waals surface area contributed by atoms with Crippen molar-refractivity contribution in [1.29, 1.82) is 0 Å². The zero-order valence-corrected chi connectivity index (χ0v) is 9.14.